The number of ether oxygens (including phenoxy) is 1. The van der Waals surface area contributed by atoms with Gasteiger partial charge in [0.25, 0.3) is 11.8 Å². The Balaban J connectivity index is 1.21. The lowest BCUT2D eigenvalue weighted by atomic mass is 10.0. The minimum Gasteiger partial charge on any atom is -0.462 e. The molecule has 6 rings (SSSR count). The number of thioether (sulfide) groups is 1. The molecule has 1 unspecified atom stereocenters. The quantitative estimate of drug-likeness (QED) is 0.0618. The summed E-state index contributed by atoms with van der Waals surface area (Å²) in [5.41, 5.74) is 3.62. The molecule has 0 fully saturated rings. The molecule has 5 aromatic carbocycles. The first-order chi connectivity index (χ1) is 25.8. The van der Waals surface area contributed by atoms with E-state index in [1.165, 1.54) is 23.1 Å². The van der Waals surface area contributed by atoms with Gasteiger partial charge in [-0.2, -0.15) is 0 Å². The number of nitrogens with one attached hydrogen (secondary N) is 3. The third-order valence-electron chi connectivity index (χ3n) is 8.28. The van der Waals surface area contributed by atoms with Gasteiger partial charge in [0.2, 0.25) is 5.91 Å². The highest BCUT2D eigenvalue weighted by atomic mass is 32.2. The van der Waals surface area contributed by atoms with Crippen LogP contribution < -0.4 is 16.0 Å². The van der Waals surface area contributed by atoms with Crippen molar-refractivity contribution in [3.8, 4) is 11.1 Å². The minimum absolute atomic E-state index is 0.0716. The smallest absolute Gasteiger partial charge is 0.341 e. The monoisotopic (exact) mass is 739 g/mol. The van der Waals surface area contributed by atoms with E-state index in [1.807, 2.05) is 97.2 Å². The Bertz CT molecular complexity index is 2280. The van der Waals surface area contributed by atoms with Crippen LogP contribution in [0.3, 0.4) is 0 Å². The highest BCUT2D eigenvalue weighted by Crippen LogP contribution is 2.37. The number of hydrogen-bond acceptors (Lipinski definition) is 7. The summed E-state index contributed by atoms with van der Waals surface area (Å²) >= 11 is 2.62. The zero-order valence-electron chi connectivity index (χ0n) is 29.1. The van der Waals surface area contributed by atoms with E-state index in [0.717, 1.165) is 26.8 Å². The molecule has 1 aromatic heterocycles. The van der Waals surface area contributed by atoms with E-state index in [0.29, 0.717) is 33.8 Å². The van der Waals surface area contributed by atoms with Gasteiger partial charge in [0, 0.05) is 27.1 Å². The molecule has 0 bridgehead atoms. The summed E-state index contributed by atoms with van der Waals surface area (Å²) in [4.78, 5) is 54.6. The lowest BCUT2D eigenvalue weighted by Gasteiger charge is -2.16. The van der Waals surface area contributed by atoms with E-state index >= 15 is 0 Å². The summed E-state index contributed by atoms with van der Waals surface area (Å²) in [7, 11) is 0. The molecule has 0 spiro atoms. The van der Waals surface area contributed by atoms with Gasteiger partial charge in [0.15, 0.2) is 0 Å². The average Bonchev–Trinajstić information content (AvgIpc) is 3.61. The number of benzene rings is 5. The first-order valence-electron chi connectivity index (χ1n) is 17.1. The van der Waals surface area contributed by atoms with Crippen molar-refractivity contribution in [2.24, 2.45) is 0 Å². The Morgan fingerprint density at radius 1 is 0.792 bits per heavy atom. The molecular weight excluding hydrogens is 703 g/mol. The Kier molecular flexibility index (Phi) is 12.2. The maximum Gasteiger partial charge on any atom is 0.341 e. The number of thiophene rings is 1. The van der Waals surface area contributed by atoms with Crippen molar-refractivity contribution in [3.05, 3.63) is 155 Å². The van der Waals surface area contributed by atoms with Crippen molar-refractivity contribution >= 4 is 74.3 Å². The predicted molar refractivity (Wildman–Crippen MR) is 215 cm³/mol. The number of carbonyl (C=O) groups excluding carboxylic acids is 4. The summed E-state index contributed by atoms with van der Waals surface area (Å²) in [5.74, 6) is -1.68. The number of fused-ring (bicyclic) bond motifs is 1. The second-order valence-corrected chi connectivity index (χ2v) is 14.0. The largest absolute Gasteiger partial charge is 0.462 e. The van der Waals surface area contributed by atoms with E-state index in [4.69, 9.17) is 4.74 Å². The third kappa shape index (κ3) is 9.10. The maximum absolute atomic E-state index is 13.9. The number of esters is 1. The molecule has 3 amide bonds. The summed E-state index contributed by atoms with van der Waals surface area (Å²) in [6.45, 7) is 3.86. The van der Waals surface area contributed by atoms with Crippen molar-refractivity contribution in [1.82, 2.24) is 5.32 Å². The fraction of sp³-hybridized carbons (Fsp3) is 0.116. The molecule has 8 nitrogen and oxygen atoms in total. The van der Waals surface area contributed by atoms with Gasteiger partial charge in [-0.15, -0.1) is 23.1 Å². The Hall–Kier alpha value is -5.97. The van der Waals surface area contributed by atoms with Gasteiger partial charge in [-0.3, -0.25) is 14.4 Å². The van der Waals surface area contributed by atoms with Gasteiger partial charge in [-0.1, -0.05) is 104 Å². The van der Waals surface area contributed by atoms with Gasteiger partial charge < -0.3 is 20.7 Å². The lowest BCUT2D eigenvalue weighted by Crippen LogP contribution is -2.30. The van der Waals surface area contributed by atoms with E-state index in [2.05, 4.69) is 16.0 Å². The molecule has 0 saturated heterocycles. The first kappa shape index (κ1) is 36.8. The van der Waals surface area contributed by atoms with Gasteiger partial charge >= 0.3 is 5.97 Å². The Labute approximate surface area is 316 Å². The number of hydrogen-bond donors (Lipinski definition) is 3. The van der Waals surface area contributed by atoms with Crippen molar-refractivity contribution in [2.75, 3.05) is 17.2 Å². The first-order valence-corrected chi connectivity index (χ1v) is 18.9. The molecule has 0 aliphatic rings. The molecule has 0 radical (unpaired) electrons. The zero-order valence-corrected chi connectivity index (χ0v) is 30.8. The van der Waals surface area contributed by atoms with E-state index in [-0.39, 0.29) is 18.2 Å². The molecule has 0 aliphatic heterocycles. The summed E-state index contributed by atoms with van der Waals surface area (Å²) in [5, 5.41) is 12.4. The average molecular weight is 740 g/mol. The van der Waals surface area contributed by atoms with Gasteiger partial charge in [0.1, 0.15) is 16.3 Å². The SMILES string of the molecule is CCOC(=O)c1c(-c2ccccc2)csc1NC(=O)C(CC)Sc1cccc(NC(=O)/C(=C\c2cccc3ccccc23)NC(=O)c2ccccc2)c1. The van der Waals surface area contributed by atoms with Crippen LogP contribution in [0.15, 0.2) is 143 Å². The molecule has 0 saturated carbocycles. The van der Waals surface area contributed by atoms with Crippen LogP contribution in [-0.4, -0.2) is 35.5 Å². The number of anilines is 2. The molecule has 53 heavy (non-hydrogen) atoms. The second kappa shape index (κ2) is 17.5. The van der Waals surface area contributed by atoms with Crippen LogP contribution in [0.1, 0.15) is 46.5 Å². The van der Waals surface area contributed by atoms with Crippen LogP contribution in [0.25, 0.3) is 28.0 Å². The van der Waals surface area contributed by atoms with Crippen molar-refractivity contribution < 1.29 is 23.9 Å². The van der Waals surface area contributed by atoms with Crippen LogP contribution in [-0.2, 0) is 14.3 Å². The van der Waals surface area contributed by atoms with Gasteiger partial charge in [-0.05, 0) is 71.7 Å². The van der Waals surface area contributed by atoms with Crippen LogP contribution >= 0.6 is 23.1 Å². The fourth-order valence-electron chi connectivity index (χ4n) is 5.68. The van der Waals surface area contributed by atoms with E-state index < -0.39 is 23.0 Å². The molecule has 266 valence electrons. The molecule has 0 aliphatic carbocycles. The number of amides is 3. The standard InChI is InChI=1S/C43H37N3O5S2/c1-3-37(41(49)46-42-38(43(50)51-4-2)35(27-52-42)29-15-7-5-8-16-29)53-33-23-14-22-32(26-33)44-40(48)36(45-39(47)30-18-9-6-10-19-30)25-31-21-13-20-28-17-11-12-24-34(28)31/h5-27,37H,3-4H2,1-2H3,(H,44,48)(H,45,47)(H,46,49)/b36-25+. The zero-order chi connectivity index (χ0) is 37.2. The normalized spacial score (nSPS) is 11.8. The fourth-order valence-corrected chi connectivity index (χ4v) is 7.66. The van der Waals surface area contributed by atoms with Crippen molar-refractivity contribution in [2.45, 2.75) is 30.4 Å². The lowest BCUT2D eigenvalue weighted by molar-refractivity contribution is -0.116. The van der Waals surface area contributed by atoms with Crippen molar-refractivity contribution in [3.63, 3.8) is 0 Å². The minimum atomic E-state index is -0.509. The summed E-state index contributed by atoms with van der Waals surface area (Å²) in [6, 6.07) is 39.0. The van der Waals surface area contributed by atoms with Crippen LogP contribution in [0, 0.1) is 0 Å². The van der Waals surface area contributed by atoms with Crippen LogP contribution in [0.5, 0.6) is 0 Å². The molecule has 3 N–H and O–H groups in total. The van der Waals surface area contributed by atoms with E-state index in [1.54, 1.807) is 55.5 Å². The topological polar surface area (TPSA) is 114 Å². The molecule has 10 heteroatoms. The summed E-state index contributed by atoms with van der Waals surface area (Å²) in [6.07, 6.45) is 2.18. The highest BCUT2D eigenvalue weighted by Gasteiger charge is 2.26. The summed E-state index contributed by atoms with van der Waals surface area (Å²) < 4.78 is 5.36. The Morgan fingerprint density at radius 3 is 2.25 bits per heavy atom. The molecular formula is C43H37N3O5S2. The molecule has 6 aromatic rings. The number of rotatable bonds is 13. The third-order valence-corrected chi connectivity index (χ3v) is 10.5. The highest BCUT2D eigenvalue weighted by molar-refractivity contribution is 8.00. The predicted octanol–water partition coefficient (Wildman–Crippen LogP) is 9.66. The van der Waals surface area contributed by atoms with E-state index in [9.17, 15) is 19.2 Å². The Morgan fingerprint density at radius 2 is 1.49 bits per heavy atom. The second-order valence-electron chi connectivity index (χ2n) is 11.9. The van der Waals surface area contributed by atoms with Gasteiger partial charge in [0.05, 0.1) is 11.9 Å². The van der Waals surface area contributed by atoms with Crippen LogP contribution in [0.2, 0.25) is 0 Å². The van der Waals surface area contributed by atoms with Crippen molar-refractivity contribution in [1.29, 1.82) is 0 Å². The van der Waals surface area contributed by atoms with Crippen LogP contribution in [0.4, 0.5) is 10.7 Å². The maximum atomic E-state index is 13.9. The van der Waals surface area contributed by atoms with Gasteiger partial charge in [-0.25, -0.2) is 4.79 Å². The molecule has 1 heterocycles. The molecule has 1 atom stereocenters. The number of carbonyl (C=O) groups is 4.